The summed E-state index contributed by atoms with van der Waals surface area (Å²) < 4.78 is 5.00. The predicted molar refractivity (Wildman–Crippen MR) is 89.2 cm³/mol. The van der Waals surface area contributed by atoms with Gasteiger partial charge >= 0.3 is 0 Å². The first-order valence-corrected chi connectivity index (χ1v) is 7.58. The van der Waals surface area contributed by atoms with Crippen LogP contribution in [-0.2, 0) is 6.42 Å². The molecule has 0 radical (unpaired) electrons. The number of aromatic nitrogens is 1. The number of benzene rings is 2. The minimum absolute atomic E-state index is 0.0789. The second-order valence-corrected chi connectivity index (χ2v) is 5.38. The summed E-state index contributed by atoms with van der Waals surface area (Å²) in [6.07, 6.45) is 0.658. The first-order chi connectivity index (χ1) is 11.2. The number of nitrogens with zero attached hydrogens (tertiary/aromatic N) is 1. The molecule has 3 rings (SSSR count). The SMILES string of the molecule is Cc1cc(CCNC(=O)c2ccc(-c3ccccc3)cc2)no1. The van der Waals surface area contributed by atoms with Crippen molar-refractivity contribution in [2.75, 3.05) is 6.54 Å². The van der Waals surface area contributed by atoms with Crippen molar-refractivity contribution in [3.63, 3.8) is 0 Å². The van der Waals surface area contributed by atoms with Crippen LogP contribution in [0.5, 0.6) is 0 Å². The molecule has 4 heteroatoms. The highest BCUT2D eigenvalue weighted by molar-refractivity contribution is 5.94. The maximum absolute atomic E-state index is 12.1. The third-order valence-electron chi connectivity index (χ3n) is 3.60. The van der Waals surface area contributed by atoms with Gasteiger partial charge in [-0.05, 0) is 30.2 Å². The van der Waals surface area contributed by atoms with Gasteiger partial charge in [-0.15, -0.1) is 0 Å². The lowest BCUT2D eigenvalue weighted by Crippen LogP contribution is -2.25. The van der Waals surface area contributed by atoms with Crippen molar-refractivity contribution in [3.8, 4) is 11.1 Å². The van der Waals surface area contributed by atoms with E-state index in [-0.39, 0.29) is 5.91 Å². The number of nitrogens with one attached hydrogen (secondary N) is 1. The van der Waals surface area contributed by atoms with Gasteiger partial charge in [0, 0.05) is 24.6 Å². The largest absolute Gasteiger partial charge is 0.361 e. The summed E-state index contributed by atoms with van der Waals surface area (Å²) in [5.41, 5.74) is 3.74. The Morgan fingerprint density at radius 1 is 1.04 bits per heavy atom. The molecule has 0 saturated carbocycles. The zero-order valence-corrected chi connectivity index (χ0v) is 13.0. The zero-order chi connectivity index (χ0) is 16.1. The van der Waals surface area contributed by atoms with Crippen molar-refractivity contribution < 1.29 is 9.32 Å². The maximum Gasteiger partial charge on any atom is 0.251 e. The minimum Gasteiger partial charge on any atom is -0.361 e. The molecule has 1 aromatic heterocycles. The van der Waals surface area contributed by atoms with E-state index >= 15 is 0 Å². The van der Waals surface area contributed by atoms with E-state index in [9.17, 15) is 4.79 Å². The van der Waals surface area contributed by atoms with Crippen LogP contribution in [0.15, 0.2) is 65.2 Å². The minimum atomic E-state index is -0.0789. The van der Waals surface area contributed by atoms with Crippen molar-refractivity contribution in [2.45, 2.75) is 13.3 Å². The van der Waals surface area contributed by atoms with E-state index in [1.165, 1.54) is 0 Å². The van der Waals surface area contributed by atoms with E-state index < -0.39 is 0 Å². The zero-order valence-electron chi connectivity index (χ0n) is 13.0. The van der Waals surface area contributed by atoms with E-state index in [1.54, 1.807) is 0 Å². The maximum atomic E-state index is 12.1. The molecule has 0 unspecified atom stereocenters. The summed E-state index contributed by atoms with van der Waals surface area (Å²) >= 11 is 0. The lowest BCUT2D eigenvalue weighted by atomic mass is 10.0. The molecule has 0 fully saturated rings. The van der Waals surface area contributed by atoms with E-state index in [2.05, 4.69) is 22.6 Å². The van der Waals surface area contributed by atoms with Crippen molar-refractivity contribution in [1.82, 2.24) is 10.5 Å². The van der Waals surface area contributed by atoms with Gasteiger partial charge in [-0.3, -0.25) is 4.79 Å². The Bertz CT molecular complexity index is 777. The van der Waals surface area contributed by atoms with Gasteiger partial charge in [0.1, 0.15) is 5.76 Å². The van der Waals surface area contributed by atoms with Crippen LogP contribution < -0.4 is 5.32 Å². The van der Waals surface area contributed by atoms with Crippen LogP contribution in [0, 0.1) is 6.92 Å². The smallest absolute Gasteiger partial charge is 0.251 e. The lowest BCUT2D eigenvalue weighted by Gasteiger charge is -2.06. The van der Waals surface area contributed by atoms with E-state index in [0.29, 0.717) is 18.5 Å². The highest BCUT2D eigenvalue weighted by Crippen LogP contribution is 2.19. The Balaban J connectivity index is 1.57. The Morgan fingerprint density at radius 3 is 2.39 bits per heavy atom. The molecule has 0 spiro atoms. The normalized spacial score (nSPS) is 10.5. The number of hydrogen-bond acceptors (Lipinski definition) is 3. The Morgan fingerprint density at radius 2 is 1.74 bits per heavy atom. The second-order valence-electron chi connectivity index (χ2n) is 5.38. The van der Waals surface area contributed by atoms with Crippen LogP contribution in [0.3, 0.4) is 0 Å². The highest BCUT2D eigenvalue weighted by atomic mass is 16.5. The van der Waals surface area contributed by atoms with Crippen molar-refractivity contribution in [3.05, 3.63) is 77.7 Å². The molecule has 3 aromatic rings. The molecule has 0 aliphatic rings. The fourth-order valence-electron chi connectivity index (χ4n) is 2.39. The topological polar surface area (TPSA) is 55.1 Å². The van der Waals surface area contributed by atoms with Crippen LogP contribution in [-0.4, -0.2) is 17.6 Å². The molecule has 0 aliphatic heterocycles. The van der Waals surface area contributed by atoms with Gasteiger partial charge in [-0.2, -0.15) is 0 Å². The molecule has 2 aromatic carbocycles. The third kappa shape index (κ3) is 3.86. The molecular formula is C19H18N2O2. The fraction of sp³-hybridized carbons (Fsp3) is 0.158. The van der Waals surface area contributed by atoms with Gasteiger partial charge in [0.2, 0.25) is 0 Å². The van der Waals surface area contributed by atoms with Crippen LogP contribution >= 0.6 is 0 Å². The van der Waals surface area contributed by atoms with Crippen molar-refractivity contribution in [2.24, 2.45) is 0 Å². The van der Waals surface area contributed by atoms with Crippen LogP contribution in [0.4, 0.5) is 0 Å². The van der Waals surface area contributed by atoms with Gasteiger partial charge in [0.05, 0.1) is 5.69 Å². The summed E-state index contributed by atoms with van der Waals surface area (Å²) in [6.45, 7) is 2.38. The second kappa shape index (κ2) is 6.92. The average molecular weight is 306 g/mol. The summed E-state index contributed by atoms with van der Waals surface area (Å²) in [5.74, 6) is 0.702. The van der Waals surface area contributed by atoms with Gasteiger partial charge in [0.15, 0.2) is 0 Å². The van der Waals surface area contributed by atoms with Gasteiger partial charge < -0.3 is 9.84 Å². The Kier molecular flexibility index (Phi) is 4.52. The van der Waals surface area contributed by atoms with Gasteiger partial charge in [-0.25, -0.2) is 0 Å². The van der Waals surface area contributed by atoms with Gasteiger partial charge in [0.25, 0.3) is 5.91 Å². The first kappa shape index (κ1) is 15.0. The standard InChI is InChI=1S/C19H18N2O2/c1-14-13-18(21-23-14)11-12-20-19(22)17-9-7-16(8-10-17)15-5-3-2-4-6-15/h2-10,13H,11-12H2,1H3,(H,20,22). The summed E-state index contributed by atoms with van der Waals surface area (Å²) in [6, 6.07) is 19.6. The number of hydrogen-bond donors (Lipinski definition) is 1. The summed E-state index contributed by atoms with van der Waals surface area (Å²) in [7, 11) is 0. The number of carbonyl (C=O) groups is 1. The molecule has 0 bridgehead atoms. The molecule has 1 amide bonds. The van der Waals surface area contributed by atoms with Crippen LogP contribution in [0.25, 0.3) is 11.1 Å². The highest BCUT2D eigenvalue weighted by Gasteiger charge is 2.06. The quantitative estimate of drug-likeness (QED) is 0.783. The van der Waals surface area contributed by atoms with E-state index in [0.717, 1.165) is 22.6 Å². The van der Waals surface area contributed by atoms with Crippen molar-refractivity contribution in [1.29, 1.82) is 0 Å². The molecule has 1 heterocycles. The third-order valence-corrected chi connectivity index (χ3v) is 3.60. The molecule has 116 valence electrons. The molecule has 0 atom stereocenters. The molecule has 23 heavy (non-hydrogen) atoms. The summed E-state index contributed by atoms with van der Waals surface area (Å²) in [5, 5.41) is 6.80. The Labute approximate surface area is 135 Å². The fourth-order valence-corrected chi connectivity index (χ4v) is 2.39. The number of aryl methyl sites for hydroxylation is 1. The Hall–Kier alpha value is -2.88. The van der Waals surface area contributed by atoms with Gasteiger partial charge in [-0.1, -0.05) is 47.6 Å². The average Bonchev–Trinajstić information content (AvgIpc) is 3.01. The lowest BCUT2D eigenvalue weighted by molar-refractivity contribution is 0.0954. The molecular weight excluding hydrogens is 288 g/mol. The van der Waals surface area contributed by atoms with Crippen LogP contribution in [0.2, 0.25) is 0 Å². The predicted octanol–water partition coefficient (Wildman–Crippen LogP) is 3.62. The summed E-state index contributed by atoms with van der Waals surface area (Å²) in [4.78, 5) is 12.1. The molecule has 4 nitrogen and oxygen atoms in total. The molecule has 1 N–H and O–H groups in total. The number of carbonyl (C=O) groups excluding carboxylic acids is 1. The molecule has 0 saturated heterocycles. The van der Waals surface area contributed by atoms with E-state index in [4.69, 9.17) is 4.52 Å². The van der Waals surface area contributed by atoms with Crippen molar-refractivity contribution >= 4 is 5.91 Å². The van der Waals surface area contributed by atoms with E-state index in [1.807, 2.05) is 55.5 Å². The number of rotatable bonds is 5. The van der Waals surface area contributed by atoms with Crippen LogP contribution in [0.1, 0.15) is 21.8 Å². The monoisotopic (exact) mass is 306 g/mol. The number of amides is 1. The first-order valence-electron chi connectivity index (χ1n) is 7.58. The molecule has 0 aliphatic carbocycles.